The summed E-state index contributed by atoms with van der Waals surface area (Å²) in [5, 5.41) is 5.61. The first-order chi connectivity index (χ1) is 28.8. The number of carbonyl (C=O) groups excluding carboxylic acids is 4. The lowest BCUT2D eigenvalue weighted by molar-refractivity contribution is -0.156. The number of nitrogens with one attached hydrogen (secondary N) is 3. The number of benzene rings is 2. The van der Waals surface area contributed by atoms with Crippen LogP contribution in [0.15, 0.2) is 60.7 Å². The predicted octanol–water partition coefficient (Wildman–Crippen LogP) is 6.81. The Labute approximate surface area is 353 Å². The van der Waals surface area contributed by atoms with Crippen molar-refractivity contribution in [2.24, 2.45) is 5.92 Å². The number of hydrogen-bond donors (Lipinski definition) is 3. The van der Waals surface area contributed by atoms with Crippen LogP contribution in [-0.2, 0) is 35.6 Å². The van der Waals surface area contributed by atoms with E-state index in [0.717, 1.165) is 36.0 Å². The molecule has 0 radical (unpaired) electrons. The quantitative estimate of drug-likeness (QED) is 0.0714. The molecule has 1 aromatic heterocycles. The molecule has 2 heterocycles. The van der Waals surface area contributed by atoms with Gasteiger partial charge >= 0.3 is 6.18 Å². The van der Waals surface area contributed by atoms with Crippen molar-refractivity contribution in [1.29, 1.82) is 0 Å². The Bertz CT molecular complexity index is 2300. The summed E-state index contributed by atoms with van der Waals surface area (Å²) in [5.41, 5.74) is 0.351. The zero-order valence-corrected chi connectivity index (χ0v) is 35.6. The van der Waals surface area contributed by atoms with Crippen LogP contribution in [0.25, 0.3) is 22.2 Å². The maximum atomic E-state index is 14.6. The summed E-state index contributed by atoms with van der Waals surface area (Å²) >= 11 is 0. The minimum absolute atomic E-state index is 0.0758. The largest absolute Gasteiger partial charge is 0.486 e. The number of alkyl halides is 3. The minimum atomic E-state index is -4.84. The predicted molar refractivity (Wildman–Crippen MR) is 221 cm³/mol. The van der Waals surface area contributed by atoms with Gasteiger partial charge in [-0.2, -0.15) is 13.2 Å². The lowest BCUT2D eigenvalue weighted by Crippen LogP contribution is -2.58. The Morgan fingerprint density at radius 2 is 1.79 bits per heavy atom. The molecule has 3 fully saturated rings. The molecule has 5 atom stereocenters. The SMILES string of the molecule is CCCCCCC=CC1CC1(NC(=O)C1CC(Oc2c(-c3cccc(F)c3)nc3ccccc3c2CC)CN1C(=O)C(C)NC(=O)CC(F)(F)F)C(=O)NS(=O)(=O)C1(C)CC1. The van der Waals surface area contributed by atoms with Crippen LogP contribution in [0, 0.1) is 11.7 Å². The molecule has 6 rings (SSSR count). The van der Waals surface area contributed by atoms with Gasteiger partial charge in [-0.1, -0.05) is 75.6 Å². The van der Waals surface area contributed by atoms with E-state index in [-0.39, 0.29) is 25.1 Å². The van der Waals surface area contributed by atoms with Crippen molar-refractivity contribution in [3.8, 4) is 17.0 Å². The maximum absolute atomic E-state index is 14.6. The third kappa shape index (κ3) is 10.4. The molecular weight excluding hydrogens is 819 g/mol. The molecule has 12 nitrogen and oxygen atoms in total. The van der Waals surface area contributed by atoms with Crippen LogP contribution in [0.4, 0.5) is 17.6 Å². The minimum Gasteiger partial charge on any atom is -0.486 e. The van der Waals surface area contributed by atoms with Crippen LogP contribution in [-0.4, -0.2) is 83.1 Å². The Kier molecular flexibility index (Phi) is 13.5. The Hall–Kier alpha value is -5.06. The highest BCUT2D eigenvalue weighted by molar-refractivity contribution is 7.91. The number of amides is 4. The van der Waals surface area contributed by atoms with Gasteiger partial charge in [-0.25, -0.2) is 17.8 Å². The molecule has 2 aromatic carbocycles. The van der Waals surface area contributed by atoms with Crippen LogP contribution in [0.1, 0.15) is 97.5 Å². The fourth-order valence-corrected chi connectivity index (χ4v) is 9.23. The molecule has 61 heavy (non-hydrogen) atoms. The highest BCUT2D eigenvalue weighted by atomic mass is 32.2. The van der Waals surface area contributed by atoms with Crippen molar-refractivity contribution in [3.63, 3.8) is 0 Å². The summed E-state index contributed by atoms with van der Waals surface area (Å²) in [6.07, 6.45) is 1.87. The van der Waals surface area contributed by atoms with Gasteiger partial charge in [0.2, 0.25) is 27.7 Å². The van der Waals surface area contributed by atoms with Gasteiger partial charge < -0.3 is 20.3 Å². The number of para-hydroxylation sites is 1. The van der Waals surface area contributed by atoms with Gasteiger partial charge in [-0.15, -0.1) is 0 Å². The highest BCUT2D eigenvalue weighted by Crippen LogP contribution is 2.48. The standard InChI is InChI=1S/C44H53F4N5O7S/c1-5-7-8-9-10-11-16-29-24-43(29,41(57)52-61(58,59)42(4)20-21-42)51-39(55)35-23-31(26-53(35)40(56)27(3)49-36(54)25-44(46,47)48)60-38-32(6-2)33-18-12-13-19-34(33)50-37(38)28-15-14-17-30(45)22-28/h11-19,22,27,29,31,35H,5-10,20-21,23-26H2,1-4H3,(H,49,54)(H,51,55)(H,52,57). The second-order valence-electron chi connectivity index (χ2n) is 16.6. The molecule has 0 bridgehead atoms. The number of hydrogen-bond acceptors (Lipinski definition) is 8. The molecule has 330 valence electrons. The summed E-state index contributed by atoms with van der Waals surface area (Å²) in [6.45, 7) is 6.44. The zero-order chi connectivity index (χ0) is 44.3. The second-order valence-corrected chi connectivity index (χ2v) is 18.8. The van der Waals surface area contributed by atoms with E-state index in [0.29, 0.717) is 48.0 Å². The number of ether oxygens (including phenoxy) is 1. The summed E-state index contributed by atoms with van der Waals surface area (Å²) in [7, 11) is -4.11. The number of likely N-dealkylation sites (tertiary alicyclic amines) is 1. The number of sulfonamides is 1. The van der Waals surface area contributed by atoms with E-state index < -0.39 is 86.5 Å². The first-order valence-electron chi connectivity index (χ1n) is 20.9. The molecule has 17 heteroatoms. The van der Waals surface area contributed by atoms with Crippen LogP contribution >= 0.6 is 0 Å². The summed E-state index contributed by atoms with van der Waals surface area (Å²) in [5.74, 6) is -4.89. The lowest BCUT2D eigenvalue weighted by Gasteiger charge is -2.29. The third-order valence-electron chi connectivity index (χ3n) is 11.8. The molecule has 4 amide bonds. The van der Waals surface area contributed by atoms with Gasteiger partial charge in [0.15, 0.2) is 0 Å². The normalized spacial score (nSPS) is 22.5. The van der Waals surface area contributed by atoms with Gasteiger partial charge in [0, 0.05) is 28.9 Å². The molecule has 0 spiro atoms. The van der Waals surface area contributed by atoms with Gasteiger partial charge in [0.1, 0.15) is 47.4 Å². The van der Waals surface area contributed by atoms with Crippen LogP contribution in [0.5, 0.6) is 5.75 Å². The second kappa shape index (κ2) is 18.1. The molecule has 3 aliphatic rings. The summed E-state index contributed by atoms with van der Waals surface area (Å²) in [4.78, 5) is 60.8. The average molecular weight is 872 g/mol. The van der Waals surface area contributed by atoms with Gasteiger partial charge in [0.25, 0.3) is 5.91 Å². The number of allylic oxidation sites excluding steroid dienone is 1. The molecule has 2 saturated carbocycles. The number of aryl methyl sites for hydroxylation is 1. The smallest absolute Gasteiger partial charge is 0.397 e. The van der Waals surface area contributed by atoms with Crippen molar-refractivity contribution < 1.29 is 49.9 Å². The number of aromatic nitrogens is 1. The number of fused-ring (bicyclic) bond motifs is 1. The van der Waals surface area contributed by atoms with E-state index in [1.54, 1.807) is 18.2 Å². The Morgan fingerprint density at radius 3 is 2.46 bits per heavy atom. The molecular formula is C44H53F4N5O7S. The van der Waals surface area contributed by atoms with Crippen LogP contribution in [0.3, 0.4) is 0 Å². The van der Waals surface area contributed by atoms with Gasteiger partial charge in [-0.05, 0) is 70.6 Å². The summed E-state index contributed by atoms with van der Waals surface area (Å²) in [6, 6.07) is 10.2. The number of unbranched alkanes of at least 4 members (excludes halogenated alkanes) is 4. The molecule has 1 aliphatic heterocycles. The van der Waals surface area contributed by atoms with E-state index in [4.69, 9.17) is 9.72 Å². The maximum Gasteiger partial charge on any atom is 0.397 e. The van der Waals surface area contributed by atoms with Crippen molar-refractivity contribution in [1.82, 2.24) is 25.2 Å². The summed E-state index contributed by atoms with van der Waals surface area (Å²) < 4.78 is 88.1. The lowest BCUT2D eigenvalue weighted by atomic mass is 10.0. The van der Waals surface area contributed by atoms with Gasteiger partial charge in [-0.3, -0.25) is 23.9 Å². The van der Waals surface area contributed by atoms with Crippen molar-refractivity contribution in [2.45, 2.75) is 133 Å². The third-order valence-corrected chi connectivity index (χ3v) is 14.0. The van der Waals surface area contributed by atoms with Crippen molar-refractivity contribution >= 4 is 44.6 Å². The van der Waals surface area contributed by atoms with E-state index in [1.165, 1.54) is 32.0 Å². The molecule has 3 aromatic rings. The fraction of sp³-hybridized carbons (Fsp3) is 0.523. The number of halogens is 4. The first kappa shape index (κ1) is 45.5. The molecule has 3 N–H and O–H groups in total. The Morgan fingerprint density at radius 1 is 1.05 bits per heavy atom. The molecule has 1 saturated heterocycles. The van der Waals surface area contributed by atoms with E-state index in [9.17, 15) is 45.2 Å². The zero-order valence-electron chi connectivity index (χ0n) is 34.7. The monoisotopic (exact) mass is 871 g/mol. The topological polar surface area (TPSA) is 164 Å². The average Bonchev–Trinajstić information content (AvgIpc) is 4.08. The highest BCUT2D eigenvalue weighted by Gasteiger charge is 2.63. The van der Waals surface area contributed by atoms with E-state index in [2.05, 4.69) is 22.3 Å². The van der Waals surface area contributed by atoms with Gasteiger partial charge in [0.05, 0.1) is 16.8 Å². The van der Waals surface area contributed by atoms with Crippen molar-refractivity contribution in [3.05, 3.63) is 72.1 Å². The molecule has 5 unspecified atom stereocenters. The van der Waals surface area contributed by atoms with Crippen LogP contribution < -0.4 is 20.1 Å². The van der Waals surface area contributed by atoms with E-state index in [1.807, 2.05) is 31.2 Å². The first-order valence-corrected chi connectivity index (χ1v) is 22.4. The number of carbonyl (C=O) groups is 4. The Balaban J connectivity index is 1.33. The van der Waals surface area contributed by atoms with Crippen molar-refractivity contribution in [2.75, 3.05) is 6.54 Å². The van der Waals surface area contributed by atoms with Crippen LogP contribution in [0.2, 0.25) is 0 Å². The number of rotatable bonds is 18. The number of pyridine rings is 1. The van der Waals surface area contributed by atoms with E-state index >= 15 is 0 Å². The number of nitrogens with zero attached hydrogens (tertiary/aromatic N) is 2. The fourth-order valence-electron chi connectivity index (χ4n) is 7.91. The molecule has 2 aliphatic carbocycles.